The van der Waals surface area contributed by atoms with Gasteiger partial charge in [-0.2, -0.15) is 0 Å². The van der Waals surface area contributed by atoms with Gasteiger partial charge in [0.15, 0.2) is 6.10 Å². The maximum atomic E-state index is 12.7. The van der Waals surface area contributed by atoms with Crippen molar-refractivity contribution < 1.29 is 28.6 Å². The molecular formula is C51H88O6. The SMILES string of the molecule is CC/C=C\C/C=C\C/C=C\C/C=C\C/C=C\CCCCCCCC(=O)OCC(COC(=O)CCCCCCC)OC(=O)CCCCCCCCCCCCCCC. The molecule has 0 aliphatic carbocycles. The highest BCUT2D eigenvalue weighted by atomic mass is 16.6. The van der Waals surface area contributed by atoms with Gasteiger partial charge in [-0.15, -0.1) is 0 Å². The summed E-state index contributed by atoms with van der Waals surface area (Å²) in [5.41, 5.74) is 0. The first-order chi connectivity index (χ1) is 28.0. The van der Waals surface area contributed by atoms with E-state index in [0.29, 0.717) is 19.3 Å². The number of hydrogen-bond donors (Lipinski definition) is 0. The van der Waals surface area contributed by atoms with Crippen molar-refractivity contribution in [3.05, 3.63) is 60.8 Å². The summed E-state index contributed by atoms with van der Waals surface area (Å²) in [6.45, 7) is 6.42. The van der Waals surface area contributed by atoms with Crippen LogP contribution in [0.15, 0.2) is 60.8 Å². The number of esters is 3. The van der Waals surface area contributed by atoms with Gasteiger partial charge >= 0.3 is 17.9 Å². The van der Waals surface area contributed by atoms with Gasteiger partial charge in [0.2, 0.25) is 0 Å². The normalized spacial score (nSPS) is 12.5. The Morgan fingerprint density at radius 2 is 0.684 bits per heavy atom. The standard InChI is InChI=1S/C51H88O6/c1-4-7-10-13-15-17-19-21-22-23-24-25-26-27-28-30-31-33-35-38-41-44-50(53)56-47-48(46-55-49(52)43-40-37-12-9-6-3)57-51(54)45-42-39-36-34-32-29-20-18-16-14-11-8-5-2/h7,10,15,17,21-22,24-25,27-28,48H,4-6,8-9,11-14,16,18-20,23,26,29-47H2,1-3H3/b10-7-,17-15-,22-21-,25-24-,28-27-. The molecule has 0 aromatic heterocycles. The smallest absolute Gasteiger partial charge is 0.306 e. The monoisotopic (exact) mass is 797 g/mol. The summed E-state index contributed by atoms with van der Waals surface area (Å²) in [5.74, 6) is -0.912. The first-order valence-electron chi connectivity index (χ1n) is 23.8. The molecule has 6 nitrogen and oxygen atoms in total. The van der Waals surface area contributed by atoms with E-state index in [4.69, 9.17) is 14.2 Å². The highest BCUT2D eigenvalue weighted by molar-refractivity contribution is 5.71. The Kier molecular flexibility index (Phi) is 43.5. The minimum absolute atomic E-state index is 0.0801. The van der Waals surface area contributed by atoms with E-state index in [2.05, 4.69) is 81.5 Å². The second kappa shape index (κ2) is 45.8. The van der Waals surface area contributed by atoms with Gasteiger partial charge in [-0.3, -0.25) is 14.4 Å². The second-order valence-electron chi connectivity index (χ2n) is 15.6. The van der Waals surface area contributed by atoms with Gasteiger partial charge in [-0.05, 0) is 64.2 Å². The van der Waals surface area contributed by atoms with Gasteiger partial charge in [0, 0.05) is 19.3 Å². The molecule has 6 heteroatoms. The van der Waals surface area contributed by atoms with Crippen LogP contribution in [0.25, 0.3) is 0 Å². The van der Waals surface area contributed by atoms with Crippen LogP contribution in [-0.2, 0) is 28.6 Å². The first-order valence-corrected chi connectivity index (χ1v) is 23.8. The predicted octanol–water partition coefficient (Wildman–Crippen LogP) is 15.3. The van der Waals surface area contributed by atoms with Gasteiger partial charge in [0.25, 0.3) is 0 Å². The van der Waals surface area contributed by atoms with Crippen molar-refractivity contribution in [2.75, 3.05) is 13.2 Å². The molecule has 328 valence electrons. The van der Waals surface area contributed by atoms with Gasteiger partial charge in [-0.25, -0.2) is 0 Å². The van der Waals surface area contributed by atoms with Crippen molar-refractivity contribution in [2.24, 2.45) is 0 Å². The van der Waals surface area contributed by atoms with Crippen LogP contribution in [0.1, 0.15) is 226 Å². The Morgan fingerprint density at radius 3 is 1.07 bits per heavy atom. The average molecular weight is 797 g/mol. The summed E-state index contributed by atoms with van der Waals surface area (Å²) < 4.78 is 16.6. The largest absolute Gasteiger partial charge is 0.462 e. The van der Waals surface area contributed by atoms with E-state index < -0.39 is 6.10 Å². The van der Waals surface area contributed by atoms with E-state index in [1.807, 2.05) is 0 Å². The maximum Gasteiger partial charge on any atom is 0.306 e. The molecule has 0 aliphatic rings. The lowest BCUT2D eigenvalue weighted by atomic mass is 10.0. The molecule has 0 spiro atoms. The van der Waals surface area contributed by atoms with E-state index in [9.17, 15) is 14.4 Å². The van der Waals surface area contributed by atoms with Crippen LogP contribution in [0, 0.1) is 0 Å². The summed E-state index contributed by atoms with van der Waals surface area (Å²) in [6.07, 6.45) is 55.2. The summed E-state index contributed by atoms with van der Waals surface area (Å²) in [6, 6.07) is 0. The molecule has 0 radical (unpaired) electrons. The van der Waals surface area contributed by atoms with Crippen LogP contribution >= 0.6 is 0 Å². The zero-order chi connectivity index (χ0) is 41.5. The molecule has 57 heavy (non-hydrogen) atoms. The number of hydrogen-bond acceptors (Lipinski definition) is 6. The van der Waals surface area contributed by atoms with Crippen molar-refractivity contribution in [3.8, 4) is 0 Å². The van der Waals surface area contributed by atoms with Gasteiger partial charge in [0.1, 0.15) is 13.2 Å². The van der Waals surface area contributed by atoms with Crippen molar-refractivity contribution in [1.29, 1.82) is 0 Å². The number of allylic oxidation sites excluding steroid dienone is 10. The fourth-order valence-corrected chi connectivity index (χ4v) is 6.47. The molecule has 0 fully saturated rings. The molecule has 1 unspecified atom stereocenters. The van der Waals surface area contributed by atoms with Crippen molar-refractivity contribution in [1.82, 2.24) is 0 Å². The molecule has 0 aliphatic heterocycles. The summed E-state index contributed by atoms with van der Waals surface area (Å²) in [5, 5.41) is 0. The van der Waals surface area contributed by atoms with E-state index in [1.54, 1.807) is 0 Å². The molecule has 1 atom stereocenters. The van der Waals surface area contributed by atoms with Gasteiger partial charge in [0.05, 0.1) is 0 Å². The zero-order valence-electron chi connectivity index (χ0n) is 37.3. The van der Waals surface area contributed by atoms with Crippen LogP contribution in [0.4, 0.5) is 0 Å². The Morgan fingerprint density at radius 1 is 0.368 bits per heavy atom. The predicted molar refractivity (Wildman–Crippen MR) is 242 cm³/mol. The molecular weight excluding hydrogens is 709 g/mol. The zero-order valence-corrected chi connectivity index (χ0v) is 37.3. The fourth-order valence-electron chi connectivity index (χ4n) is 6.47. The lowest BCUT2D eigenvalue weighted by Crippen LogP contribution is -2.30. The fraction of sp³-hybridized carbons (Fsp3) is 0.745. The Balaban J connectivity index is 4.21. The van der Waals surface area contributed by atoms with E-state index in [-0.39, 0.29) is 31.1 Å². The summed E-state index contributed by atoms with van der Waals surface area (Å²) >= 11 is 0. The lowest BCUT2D eigenvalue weighted by molar-refractivity contribution is -0.167. The average Bonchev–Trinajstić information content (AvgIpc) is 3.21. The topological polar surface area (TPSA) is 78.9 Å². The highest BCUT2D eigenvalue weighted by Gasteiger charge is 2.19. The Labute approximate surface area is 351 Å². The quantitative estimate of drug-likeness (QED) is 0.0265. The van der Waals surface area contributed by atoms with Gasteiger partial charge in [-0.1, -0.05) is 204 Å². The molecule has 0 amide bonds. The van der Waals surface area contributed by atoms with Crippen LogP contribution in [0.2, 0.25) is 0 Å². The van der Waals surface area contributed by atoms with Crippen LogP contribution in [-0.4, -0.2) is 37.2 Å². The van der Waals surface area contributed by atoms with E-state index >= 15 is 0 Å². The molecule has 0 aromatic rings. The minimum atomic E-state index is -0.775. The van der Waals surface area contributed by atoms with Crippen molar-refractivity contribution in [2.45, 2.75) is 232 Å². The summed E-state index contributed by atoms with van der Waals surface area (Å²) in [7, 11) is 0. The molecule has 0 saturated heterocycles. The minimum Gasteiger partial charge on any atom is -0.462 e. The molecule has 0 rings (SSSR count). The molecule has 0 N–H and O–H groups in total. The highest BCUT2D eigenvalue weighted by Crippen LogP contribution is 2.14. The van der Waals surface area contributed by atoms with E-state index in [0.717, 1.165) is 116 Å². The molecule has 0 saturated carbocycles. The molecule has 0 aromatic carbocycles. The molecule has 0 heterocycles. The third kappa shape index (κ3) is 44.1. The number of unbranched alkanes of at least 4 members (excludes halogenated alkanes) is 21. The first kappa shape index (κ1) is 54.1. The molecule has 0 bridgehead atoms. The van der Waals surface area contributed by atoms with Crippen LogP contribution in [0.3, 0.4) is 0 Å². The third-order valence-corrected chi connectivity index (χ3v) is 10.0. The third-order valence-electron chi connectivity index (χ3n) is 10.0. The van der Waals surface area contributed by atoms with Crippen LogP contribution < -0.4 is 0 Å². The number of ether oxygens (including phenoxy) is 3. The van der Waals surface area contributed by atoms with E-state index in [1.165, 1.54) is 70.6 Å². The number of carbonyl (C=O) groups is 3. The Bertz CT molecular complexity index is 1050. The number of rotatable bonds is 42. The second-order valence-corrected chi connectivity index (χ2v) is 15.6. The summed E-state index contributed by atoms with van der Waals surface area (Å²) in [4.78, 5) is 37.5. The number of carbonyl (C=O) groups excluding carboxylic acids is 3. The van der Waals surface area contributed by atoms with Crippen LogP contribution in [0.5, 0.6) is 0 Å². The lowest BCUT2D eigenvalue weighted by Gasteiger charge is -2.18. The maximum absolute atomic E-state index is 12.7. The van der Waals surface area contributed by atoms with Crippen molar-refractivity contribution in [3.63, 3.8) is 0 Å². The van der Waals surface area contributed by atoms with Crippen molar-refractivity contribution >= 4 is 17.9 Å². The Hall–Kier alpha value is -2.89. The van der Waals surface area contributed by atoms with Gasteiger partial charge < -0.3 is 14.2 Å².